The molecule has 1 aliphatic heterocycles. The van der Waals surface area contributed by atoms with Crippen LogP contribution in [0.2, 0.25) is 0 Å². The van der Waals surface area contributed by atoms with Crippen LogP contribution in [0, 0.1) is 0 Å². The fraction of sp³-hybridized carbons (Fsp3) is 0.348. The fourth-order valence-electron chi connectivity index (χ4n) is 4.04. The van der Waals surface area contributed by atoms with Crippen LogP contribution in [-0.4, -0.2) is 49.0 Å². The van der Waals surface area contributed by atoms with E-state index in [9.17, 15) is 4.79 Å². The molecular formula is C23H23BrN6O2. The lowest BCUT2D eigenvalue weighted by Gasteiger charge is -2.20. The van der Waals surface area contributed by atoms with E-state index >= 15 is 0 Å². The monoisotopic (exact) mass is 494 g/mol. The summed E-state index contributed by atoms with van der Waals surface area (Å²) in [6.07, 6.45) is 5.05. The largest absolute Gasteiger partial charge is 0.343 e. The fourth-order valence-corrected chi connectivity index (χ4v) is 4.43. The molecule has 0 atom stereocenters. The zero-order chi connectivity index (χ0) is 21.9. The highest BCUT2D eigenvalue weighted by atomic mass is 79.9. The molecule has 2 aromatic heterocycles. The third kappa shape index (κ3) is 4.43. The van der Waals surface area contributed by atoms with E-state index in [1.165, 1.54) is 12.8 Å². The molecule has 1 aliphatic rings. The predicted octanol–water partition coefficient (Wildman–Crippen LogP) is 4.70. The first-order valence-electron chi connectivity index (χ1n) is 10.9. The Morgan fingerprint density at radius 1 is 1.03 bits per heavy atom. The van der Waals surface area contributed by atoms with Crippen molar-refractivity contribution in [3.8, 4) is 22.8 Å². The Labute approximate surface area is 193 Å². The molecular weight excluding hydrogens is 472 g/mol. The summed E-state index contributed by atoms with van der Waals surface area (Å²) in [6, 6.07) is 13.5. The number of aromatic nitrogens is 5. The van der Waals surface area contributed by atoms with Crippen molar-refractivity contribution < 1.29 is 9.32 Å². The van der Waals surface area contributed by atoms with Crippen LogP contribution < -0.4 is 0 Å². The lowest BCUT2D eigenvalue weighted by atomic mass is 10.2. The van der Waals surface area contributed by atoms with Crippen molar-refractivity contribution in [2.75, 3.05) is 13.1 Å². The normalized spacial score (nSPS) is 14.6. The molecule has 1 saturated heterocycles. The highest BCUT2D eigenvalue weighted by Gasteiger charge is 2.17. The lowest BCUT2D eigenvalue weighted by molar-refractivity contribution is -0.131. The second-order valence-corrected chi connectivity index (χ2v) is 8.91. The van der Waals surface area contributed by atoms with E-state index in [-0.39, 0.29) is 5.91 Å². The zero-order valence-corrected chi connectivity index (χ0v) is 19.2. The molecule has 5 rings (SSSR count). The van der Waals surface area contributed by atoms with Crippen LogP contribution in [0.15, 0.2) is 51.5 Å². The van der Waals surface area contributed by atoms with Gasteiger partial charge in [0.05, 0.1) is 12.1 Å². The van der Waals surface area contributed by atoms with Crippen LogP contribution in [0.5, 0.6) is 0 Å². The number of hydrogen-bond donors (Lipinski definition) is 0. The van der Waals surface area contributed by atoms with Gasteiger partial charge in [0, 0.05) is 35.1 Å². The Morgan fingerprint density at radius 2 is 1.88 bits per heavy atom. The number of carbonyl (C=O) groups excluding carboxylic acids is 1. The Bertz CT molecular complexity index is 1240. The van der Waals surface area contributed by atoms with E-state index in [1.54, 1.807) is 4.68 Å². The van der Waals surface area contributed by atoms with Crippen molar-refractivity contribution in [2.45, 2.75) is 38.6 Å². The molecule has 0 unspecified atom stereocenters. The van der Waals surface area contributed by atoms with Gasteiger partial charge in [0.15, 0.2) is 0 Å². The summed E-state index contributed by atoms with van der Waals surface area (Å²) in [5.74, 6) is 1.14. The van der Waals surface area contributed by atoms with Gasteiger partial charge in [-0.25, -0.2) is 4.68 Å². The molecule has 0 spiro atoms. The number of amides is 1. The molecule has 0 radical (unpaired) electrons. The summed E-state index contributed by atoms with van der Waals surface area (Å²) in [7, 11) is 0. The number of hydrogen-bond acceptors (Lipinski definition) is 6. The number of halogens is 1. The number of aryl methyl sites for hydroxylation is 1. The Morgan fingerprint density at radius 3 is 2.69 bits per heavy atom. The van der Waals surface area contributed by atoms with Gasteiger partial charge in [0.25, 0.3) is 5.89 Å². The molecule has 1 fully saturated rings. The SMILES string of the molecule is O=C(CCn1nnc2cc(-c3noc(-c4cccc(Br)c4)n3)ccc21)N1CCCCCC1. The van der Waals surface area contributed by atoms with Gasteiger partial charge < -0.3 is 9.42 Å². The summed E-state index contributed by atoms with van der Waals surface area (Å²) < 4.78 is 8.18. The standard InChI is InChI=1S/C23H23BrN6O2/c24-18-7-5-6-17(14-18)23-25-22(27-32-23)16-8-9-20-19(15-16)26-28-30(20)13-10-21(31)29-11-3-1-2-4-12-29/h5-9,14-15H,1-4,10-13H2. The summed E-state index contributed by atoms with van der Waals surface area (Å²) in [5, 5.41) is 12.7. The van der Waals surface area contributed by atoms with E-state index in [4.69, 9.17) is 4.52 Å². The van der Waals surface area contributed by atoms with E-state index in [0.717, 1.165) is 52.6 Å². The average Bonchev–Trinajstić information content (AvgIpc) is 3.36. The van der Waals surface area contributed by atoms with Crippen molar-refractivity contribution in [3.63, 3.8) is 0 Å². The van der Waals surface area contributed by atoms with E-state index in [1.807, 2.05) is 47.4 Å². The maximum atomic E-state index is 12.6. The maximum absolute atomic E-state index is 12.6. The minimum Gasteiger partial charge on any atom is -0.343 e. The number of rotatable bonds is 5. The van der Waals surface area contributed by atoms with Crippen molar-refractivity contribution in [1.29, 1.82) is 0 Å². The summed E-state index contributed by atoms with van der Waals surface area (Å²) in [4.78, 5) is 19.1. The Balaban J connectivity index is 1.30. The first-order valence-corrected chi connectivity index (χ1v) is 11.7. The first kappa shape index (κ1) is 20.8. The second kappa shape index (κ2) is 9.20. The van der Waals surface area contributed by atoms with E-state index in [0.29, 0.717) is 24.7 Å². The quantitative estimate of drug-likeness (QED) is 0.399. The van der Waals surface area contributed by atoms with Gasteiger partial charge in [0.1, 0.15) is 5.52 Å². The molecule has 0 saturated carbocycles. The van der Waals surface area contributed by atoms with Gasteiger partial charge >= 0.3 is 0 Å². The highest BCUT2D eigenvalue weighted by molar-refractivity contribution is 9.10. The van der Waals surface area contributed by atoms with Gasteiger partial charge in [-0.3, -0.25) is 4.79 Å². The molecule has 164 valence electrons. The van der Waals surface area contributed by atoms with Crippen LogP contribution in [0.1, 0.15) is 32.1 Å². The summed E-state index contributed by atoms with van der Waals surface area (Å²) >= 11 is 3.46. The molecule has 1 amide bonds. The topological polar surface area (TPSA) is 89.9 Å². The smallest absolute Gasteiger partial charge is 0.258 e. The van der Waals surface area contributed by atoms with Gasteiger partial charge in [0.2, 0.25) is 11.7 Å². The zero-order valence-electron chi connectivity index (χ0n) is 17.6. The Kier molecular flexibility index (Phi) is 5.98. The molecule has 0 aliphatic carbocycles. The van der Waals surface area contributed by atoms with Crippen molar-refractivity contribution in [2.24, 2.45) is 0 Å². The first-order chi connectivity index (χ1) is 15.7. The molecule has 0 N–H and O–H groups in total. The summed E-state index contributed by atoms with van der Waals surface area (Å²) in [6.45, 7) is 2.25. The van der Waals surface area contributed by atoms with Crippen LogP contribution in [0.25, 0.3) is 33.9 Å². The summed E-state index contributed by atoms with van der Waals surface area (Å²) in [5.41, 5.74) is 3.26. The van der Waals surface area contributed by atoms with E-state index < -0.39 is 0 Å². The minimum atomic E-state index is 0.194. The number of nitrogens with zero attached hydrogens (tertiary/aromatic N) is 6. The maximum Gasteiger partial charge on any atom is 0.258 e. The van der Waals surface area contributed by atoms with Crippen LogP contribution >= 0.6 is 15.9 Å². The van der Waals surface area contributed by atoms with Gasteiger partial charge in [-0.15, -0.1) is 5.10 Å². The molecule has 8 nitrogen and oxygen atoms in total. The highest BCUT2D eigenvalue weighted by Crippen LogP contribution is 2.26. The lowest BCUT2D eigenvalue weighted by Crippen LogP contribution is -2.32. The minimum absolute atomic E-state index is 0.194. The van der Waals surface area contributed by atoms with Gasteiger partial charge in [-0.05, 0) is 49.2 Å². The van der Waals surface area contributed by atoms with Crippen molar-refractivity contribution >= 4 is 32.9 Å². The molecule has 9 heteroatoms. The molecule has 4 aromatic rings. The van der Waals surface area contributed by atoms with Crippen LogP contribution in [0.4, 0.5) is 0 Å². The Hall–Kier alpha value is -3.07. The van der Waals surface area contributed by atoms with Crippen molar-refractivity contribution in [3.05, 3.63) is 46.9 Å². The predicted molar refractivity (Wildman–Crippen MR) is 124 cm³/mol. The number of likely N-dealkylation sites (tertiary alicyclic amines) is 1. The van der Waals surface area contributed by atoms with Crippen molar-refractivity contribution in [1.82, 2.24) is 30.0 Å². The molecule has 32 heavy (non-hydrogen) atoms. The molecule has 2 aromatic carbocycles. The van der Waals surface area contributed by atoms with E-state index in [2.05, 4.69) is 36.4 Å². The van der Waals surface area contributed by atoms with Gasteiger partial charge in [-0.2, -0.15) is 4.98 Å². The van der Waals surface area contributed by atoms with Crippen LogP contribution in [0.3, 0.4) is 0 Å². The van der Waals surface area contributed by atoms with Gasteiger partial charge in [-0.1, -0.05) is 45.2 Å². The third-order valence-corrected chi connectivity index (χ3v) is 6.26. The van der Waals surface area contributed by atoms with Crippen LogP contribution in [-0.2, 0) is 11.3 Å². The number of benzene rings is 2. The molecule has 0 bridgehead atoms. The number of carbonyl (C=O) groups is 1. The second-order valence-electron chi connectivity index (χ2n) is 7.99. The third-order valence-electron chi connectivity index (χ3n) is 5.77. The number of fused-ring (bicyclic) bond motifs is 1. The molecule has 3 heterocycles. The average molecular weight is 495 g/mol.